The molecule has 7 nitrogen and oxygen atoms in total. The molecule has 8 heteroatoms. The number of aromatic nitrogens is 2. The molecule has 148 valence electrons. The third kappa shape index (κ3) is 4.43. The number of rotatable bonds is 4. The number of carbonyl (C=O) groups is 1. The number of ether oxygens (including phenoxy) is 1. The highest BCUT2D eigenvalue weighted by atomic mass is 35.5. The van der Waals surface area contributed by atoms with Gasteiger partial charge in [0.15, 0.2) is 5.82 Å². The largest absolute Gasteiger partial charge is 0.495 e. The Balaban J connectivity index is 0.00000280. The van der Waals surface area contributed by atoms with Crippen LogP contribution >= 0.6 is 12.4 Å². The van der Waals surface area contributed by atoms with Crippen LogP contribution in [0.4, 0.5) is 11.4 Å². The molecule has 0 fully saturated rings. The van der Waals surface area contributed by atoms with E-state index in [9.17, 15) is 4.79 Å². The summed E-state index contributed by atoms with van der Waals surface area (Å²) in [5.74, 6) is 1.13. The number of anilines is 2. The van der Waals surface area contributed by atoms with E-state index in [2.05, 4.69) is 15.5 Å². The highest BCUT2D eigenvalue weighted by Gasteiger charge is 2.23. The third-order valence-corrected chi connectivity index (χ3v) is 3.99. The van der Waals surface area contributed by atoms with Crippen LogP contribution in [0.25, 0.3) is 11.5 Å². The van der Waals surface area contributed by atoms with Gasteiger partial charge in [-0.1, -0.05) is 38.1 Å². The van der Waals surface area contributed by atoms with Crippen LogP contribution in [-0.4, -0.2) is 23.2 Å². The number of benzene rings is 2. The van der Waals surface area contributed by atoms with Crippen molar-refractivity contribution in [3.8, 4) is 17.2 Å². The highest BCUT2D eigenvalue weighted by molar-refractivity contribution is 6.08. The van der Waals surface area contributed by atoms with E-state index in [-0.39, 0.29) is 23.7 Å². The Morgan fingerprint density at radius 2 is 1.89 bits per heavy atom. The Morgan fingerprint density at radius 1 is 1.18 bits per heavy atom. The van der Waals surface area contributed by atoms with Gasteiger partial charge in [-0.15, -0.1) is 12.4 Å². The average Bonchev–Trinajstić information content (AvgIpc) is 3.12. The molecule has 28 heavy (non-hydrogen) atoms. The van der Waals surface area contributed by atoms with Gasteiger partial charge in [0.05, 0.1) is 23.9 Å². The second-order valence-electron chi connectivity index (χ2n) is 7.13. The summed E-state index contributed by atoms with van der Waals surface area (Å²) in [4.78, 5) is 17.2. The van der Waals surface area contributed by atoms with Gasteiger partial charge < -0.3 is 20.3 Å². The standard InChI is InChI=1S/C20H22N4O3.ClH/c1-20(2,3)19-23-18(27-24-19)14-8-6-5-7-13(14)17(25)22-12-9-10-16(26-4)15(21)11-12;/h5-11H,21H2,1-4H3,(H,22,25);1H. The lowest BCUT2D eigenvalue weighted by Crippen LogP contribution is -2.14. The number of halogens is 1. The molecule has 2 aromatic carbocycles. The molecule has 1 aromatic heterocycles. The quantitative estimate of drug-likeness (QED) is 0.630. The molecule has 0 atom stereocenters. The fourth-order valence-corrected chi connectivity index (χ4v) is 2.52. The van der Waals surface area contributed by atoms with Gasteiger partial charge in [-0.3, -0.25) is 4.79 Å². The summed E-state index contributed by atoms with van der Waals surface area (Å²) in [5.41, 5.74) is 7.65. The van der Waals surface area contributed by atoms with Crippen molar-refractivity contribution in [2.24, 2.45) is 0 Å². The molecule has 1 amide bonds. The van der Waals surface area contributed by atoms with Crippen LogP contribution in [0.15, 0.2) is 47.0 Å². The number of nitrogens with two attached hydrogens (primary N) is 1. The summed E-state index contributed by atoms with van der Waals surface area (Å²) in [6, 6.07) is 12.1. The molecular formula is C20H23ClN4O3. The second-order valence-corrected chi connectivity index (χ2v) is 7.13. The predicted molar refractivity (Wildman–Crippen MR) is 111 cm³/mol. The van der Waals surface area contributed by atoms with E-state index in [1.54, 1.807) is 36.4 Å². The van der Waals surface area contributed by atoms with Crippen LogP contribution in [0.5, 0.6) is 5.75 Å². The first-order valence-corrected chi connectivity index (χ1v) is 8.48. The maximum atomic E-state index is 12.8. The lowest BCUT2D eigenvalue weighted by atomic mass is 9.96. The number of carbonyl (C=O) groups excluding carboxylic acids is 1. The van der Waals surface area contributed by atoms with Crippen LogP contribution in [0.2, 0.25) is 0 Å². The first kappa shape index (κ1) is 21.2. The zero-order chi connectivity index (χ0) is 19.6. The molecule has 0 aliphatic rings. The maximum absolute atomic E-state index is 12.8. The van der Waals surface area contributed by atoms with Crippen molar-refractivity contribution in [3.63, 3.8) is 0 Å². The topological polar surface area (TPSA) is 103 Å². The molecule has 0 bridgehead atoms. The summed E-state index contributed by atoms with van der Waals surface area (Å²) in [7, 11) is 1.54. The van der Waals surface area contributed by atoms with Gasteiger partial charge in [0, 0.05) is 11.1 Å². The minimum absolute atomic E-state index is 0. The van der Waals surface area contributed by atoms with Crippen molar-refractivity contribution in [2.75, 3.05) is 18.2 Å². The van der Waals surface area contributed by atoms with Gasteiger partial charge in [0.2, 0.25) is 0 Å². The van der Waals surface area contributed by atoms with E-state index < -0.39 is 0 Å². The number of hydrogen-bond acceptors (Lipinski definition) is 6. The van der Waals surface area contributed by atoms with E-state index in [0.29, 0.717) is 40.0 Å². The molecule has 0 spiro atoms. The maximum Gasteiger partial charge on any atom is 0.258 e. The molecule has 0 unspecified atom stereocenters. The molecule has 3 aromatic rings. The lowest BCUT2D eigenvalue weighted by Gasteiger charge is -2.11. The van der Waals surface area contributed by atoms with Crippen molar-refractivity contribution < 1.29 is 14.1 Å². The summed E-state index contributed by atoms with van der Waals surface area (Å²) < 4.78 is 10.5. The zero-order valence-corrected chi connectivity index (χ0v) is 17.0. The molecule has 0 saturated carbocycles. The SMILES string of the molecule is COc1ccc(NC(=O)c2ccccc2-c2nc(C(C)(C)C)no2)cc1N.Cl. The van der Waals surface area contributed by atoms with Crippen LogP contribution in [0.1, 0.15) is 37.0 Å². The fraction of sp³-hybridized carbons (Fsp3) is 0.250. The minimum atomic E-state index is -0.300. The van der Waals surface area contributed by atoms with Crippen LogP contribution < -0.4 is 15.8 Å². The summed E-state index contributed by atoms with van der Waals surface area (Å²) in [6.07, 6.45) is 0. The molecule has 1 heterocycles. The number of methoxy groups -OCH3 is 1. The fourth-order valence-electron chi connectivity index (χ4n) is 2.52. The first-order chi connectivity index (χ1) is 12.8. The molecular weight excluding hydrogens is 380 g/mol. The third-order valence-electron chi connectivity index (χ3n) is 3.99. The Morgan fingerprint density at radius 3 is 2.50 bits per heavy atom. The van der Waals surface area contributed by atoms with Crippen molar-refractivity contribution >= 4 is 29.7 Å². The number of amides is 1. The normalized spacial score (nSPS) is 10.9. The molecule has 3 rings (SSSR count). The first-order valence-electron chi connectivity index (χ1n) is 8.48. The second kappa shape index (κ2) is 8.31. The Hall–Kier alpha value is -3.06. The summed E-state index contributed by atoms with van der Waals surface area (Å²) in [5, 5.41) is 6.86. The van der Waals surface area contributed by atoms with Crippen LogP contribution in [0.3, 0.4) is 0 Å². The Kier molecular flexibility index (Phi) is 6.30. The van der Waals surface area contributed by atoms with Crippen molar-refractivity contribution in [1.29, 1.82) is 0 Å². The van der Waals surface area contributed by atoms with E-state index in [1.807, 2.05) is 26.8 Å². The van der Waals surface area contributed by atoms with E-state index in [1.165, 1.54) is 7.11 Å². The number of nitrogens with zero attached hydrogens (tertiary/aromatic N) is 2. The molecule has 0 aliphatic carbocycles. The summed E-state index contributed by atoms with van der Waals surface area (Å²) in [6.45, 7) is 5.98. The van der Waals surface area contributed by atoms with E-state index >= 15 is 0 Å². The molecule has 0 radical (unpaired) electrons. The van der Waals surface area contributed by atoms with Crippen LogP contribution in [-0.2, 0) is 5.41 Å². The van der Waals surface area contributed by atoms with Gasteiger partial charge in [-0.05, 0) is 30.3 Å². The van der Waals surface area contributed by atoms with Gasteiger partial charge in [-0.25, -0.2) is 0 Å². The number of hydrogen-bond donors (Lipinski definition) is 2. The number of nitrogen functional groups attached to an aromatic ring is 1. The molecule has 3 N–H and O–H groups in total. The lowest BCUT2D eigenvalue weighted by molar-refractivity contribution is 0.102. The van der Waals surface area contributed by atoms with E-state index in [4.69, 9.17) is 15.0 Å². The zero-order valence-electron chi connectivity index (χ0n) is 16.1. The molecule has 0 aliphatic heterocycles. The van der Waals surface area contributed by atoms with Crippen molar-refractivity contribution in [2.45, 2.75) is 26.2 Å². The smallest absolute Gasteiger partial charge is 0.258 e. The summed E-state index contributed by atoms with van der Waals surface area (Å²) >= 11 is 0. The van der Waals surface area contributed by atoms with Gasteiger partial charge >= 0.3 is 0 Å². The van der Waals surface area contributed by atoms with Crippen molar-refractivity contribution in [1.82, 2.24) is 10.1 Å². The Labute approximate surface area is 169 Å². The Bertz CT molecular complexity index is 980. The van der Waals surface area contributed by atoms with Gasteiger partial charge in [0.1, 0.15) is 5.75 Å². The molecule has 0 saturated heterocycles. The predicted octanol–water partition coefficient (Wildman–Crippen LogP) is 4.30. The number of nitrogens with one attached hydrogen (secondary N) is 1. The van der Waals surface area contributed by atoms with Crippen LogP contribution in [0, 0.1) is 0 Å². The van der Waals surface area contributed by atoms with Gasteiger partial charge in [0.25, 0.3) is 11.8 Å². The highest BCUT2D eigenvalue weighted by Crippen LogP contribution is 2.28. The van der Waals surface area contributed by atoms with E-state index in [0.717, 1.165) is 0 Å². The van der Waals surface area contributed by atoms with Gasteiger partial charge in [-0.2, -0.15) is 4.98 Å². The average molecular weight is 403 g/mol. The van der Waals surface area contributed by atoms with Crippen molar-refractivity contribution in [3.05, 3.63) is 53.9 Å². The minimum Gasteiger partial charge on any atom is -0.495 e. The monoisotopic (exact) mass is 402 g/mol.